The standard InChI is InChI=1S/C34H48O8/c1-30(2,39)14-13-28(42-29(38)20-9-7-6-8-10-20)33(5,40)27-12-16-34(41)22-17-24(35)23-18-25(36)26(37)19-31(23,3)21(22)11-15-32(27,34)4/h6-10,17,21,23,25-28,36-37,39-41H,11-16,18-19H2,1-5H3/t21-,23-,25+,26+,27-,28-,31+,32+,33+,34+/m0/s1. The quantitative estimate of drug-likeness (QED) is 0.305. The summed E-state index contributed by atoms with van der Waals surface area (Å²) in [7, 11) is 0. The molecule has 0 heterocycles. The van der Waals surface area contributed by atoms with E-state index in [1.54, 1.807) is 57.2 Å². The van der Waals surface area contributed by atoms with Crippen LogP contribution in [0, 0.1) is 28.6 Å². The van der Waals surface area contributed by atoms with Crippen LogP contribution in [0.4, 0.5) is 0 Å². The molecule has 0 amide bonds. The first-order chi connectivity index (χ1) is 19.4. The molecule has 1 aromatic carbocycles. The van der Waals surface area contributed by atoms with Gasteiger partial charge in [-0.25, -0.2) is 4.79 Å². The number of aliphatic hydroxyl groups excluding tert-OH is 2. The predicted molar refractivity (Wildman–Crippen MR) is 156 cm³/mol. The molecule has 0 unspecified atom stereocenters. The number of aliphatic hydroxyl groups is 5. The van der Waals surface area contributed by atoms with E-state index in [9.17, 15) is 35.1 Å². The number of hydrogen-bond donors (Lipinski definition) is 5. The van der Waals surface area contributed by atoms with Gasteiger partial charge in [0.05, 0.1) is 29.0 Å². The number of benzene rings is 1. The van der Waals surface area contributed by atoms with E-state index >= 15 is 0 Å². The second kappa shape index (κ2) is 10.5. The van der Waals surface area contributed by atoms with Crippen LogP contribution >= 0.6 is 0 Å². The number of esters is 1. The molecule has 1 aromatic rings. The van der Waals surface area contributed by atoms with E-state index in [1.165, 1.54) is 0 Å². The first-order valence-electron chi connectivity index (χ1n) is 15.5. The van der Waals surface area contributed by atoms with Crippen molar-refractivity contribution in [3.05, 3.63) is 47.5 Å². The number of rotatable bonds is 7. The lowest BCUT2D eigenvalue weighted by atomic mass is 9.45. The number of ketones is 1. The van der Waals surface area contributed by atoms with Crippen molar-refractivity contribution in [3.8, 4) is 0 Å². The van der Waals surface area contributed by atoms with Gasteiger partial charge in [-0.05, 0) is 113 Å². The van der Waals surface area contributed by atoms with E-state index in [0.29, 0.717) is 43.2 Å². The third kappa shape index (κ3) is 4.97. The molecule has 8 heteroatoms. The van der Waals surface area contributed by atoms with Crippen LogP contribution < -0.4 is 0 Å². The van der Waals surface area contributed by atoms with Gasteiger partial charge in [0, 0.05) is 11.3 Å². The summed E-state index contributed by atoms with van der Waals surface area (Å²) in [5.41, 5.74) is -4.30. The number of carbonyl (C=O) groups excluding carboxylic acids is 2. The van der Waals surface area contributed by atoms with Gasteiger partial charge >= 0.3 is 5.97 Å². The summed E-state index contributed by atoms with van der Waals surface area (Å²) in [6, 6.07) is 8.60. The first kappa shape index (κ1) is 31.3. The monoisotopic (exact) mass is 584 g/mol. The molecular weight excluding hydrogens is 536 g/mol. The molecule has 0 aromatic heterocycles. The lowest BCUT2D eigenvalue weighted by Crippen LogP contribution is -2.63. The van der Waals surface area contributed by atoms with Crippen molar-refractivity contribution < 1.29 is 39.9 Å². The minimum atomic E-state index is -1.54. The molecule has 42 heavy (non-hydrogen) atoms. The van der Waals surface area contributed by atoms with E-state index in [2.05, 4.69) is 0 Å². The fourth-order valence-electron chi connectivity index (χ4n) is 9.26. The van der Waals surface area contributed by atoms with Gasteiger partial charge in [0.15, 0.2) is 5.78 Å². The Bertz CT molecular complexity index is 1230. The Hall–Kier alpha value is -2.10. The van der Waals surface area contributed by atoms with Gasteiger partial charge in [0.2, 0.25) is 0 Å². The molecule has 0 bridgehead atoms. The minimum absolute atomic E-state index is 0.123. The molecule has 0 spiro atoms. The highest BCUT2D eigenvalue weighted by atomic mass is 16.6. The van der Waals surface area contributed by atoms with E-state index in [-0.39, 0.29) is 31.0 Å². The van der Waals surface area contributed by atoms with Crippen LogP contribution in [0.15, 0.2) is 42.0 Å². The lowest BCUT2D eigenvalue weighted by Gasteiger charge is -2.60. The summed E-state index contributed by atoms with van der Waals surface area (Å²) in [5, 5.41) is 56.3. The van der Waals surface area contributed by atoms with Crippen molar-refractivity contribution >= 4 is 11.8 Å². The highest BCUT2D eigenvalue weighted by Gasteiger charge is 2.69. The van der Waals surface area contributed by atoms with Crippen LogP contribution in [0.1, 0.15) is 96.3 Å². The van der Waals surface area contributed by atoms with Gasteiger partial charge in [-0.15, -0.1) is 0 Å². The molecule has 10 atom stereocenters. The van der Waals surface area contributed by atoms with Gasteiger partial charge in [0.25, 0.3) is 0 Å². The van der Waals surface area contributed by atoms with Crippen LogP contribution in [0.2, 0.25) is 0 Å². The van der Waals surface area contributed by atoms with Crippen LogP contribution in [0.5, 0.6) is 0 Å². The van der Waals surface area contributed by atoms with Gasteiger partial charge < -0.3 is 30.3 Å². The van der Waals surface area contributed by atoms with Gasteiger partial charge in [-0.3, -0.25) is 4.79 Å². The van der Waals surface area contributed by atoms with Crippen molar-refractivity contribution in [2.45, 2.75) is 121 Å². The van der Waals surface area contributed by atoms with Crippen LogP contribution in [-0.2, 0) is 9.53 Å². The van der Waals surface area contributed by atoms with Crippen molar-refractivity contribution in [3.63, 3.8) is 0 Å². The number of fused-ring (bicyclic) bond motifs is 5. The van der Waals surface area contributed by atoms with Crippen molar-refractivity contribution in [2.24, 2.45) is 28.6 Å². The smallest absolute Gasteiger partial charge is 0.338 e. The molecule has 0 aliphatic heterocycles. The SMILES string of the molecule is CC(C)(O)CC[C@H](OC(=O)c1ccccc1)[C@](C)(O)[C@H]1CC[C@@]2(O)C3=CC(=O)[C@@H]4C[C@@H](O)[C@H](O)C[C@]4(C)[C@H]3CC[C@]12C. The van der Waals surface area contributed by atoms with E-state index in [0.717, 1.165) is 0 Å². The number of ether oxygens (including phenoxy) is 1. The minimum Gasteiger partial charge on any atom is -0.456 e. The zero-order chi connectivity index (χ0) is 30.9. The lowest BCUT2D eigenvalue weighted by molar-refractivity contribution is -0.177. The summed E-state index contributed by atoms with van der Waals surface area (Å²) >= 11 is 0. The van der Waals surface area contributed by atoms with Crippen LogP contribution in [0.3, 0.4) is 0 Å². The summed E-state index contributed by atoms with van der Waals surface area (Å²) in [6.07, 6.45) is 1.84. The molecular formula is C34H48O8. The third-order valence-corrected chi connectivity index (χ3v) is 11.8. The Morgan fingerprint density at radius 1 is 1.02 bits per heavy atom. The highest BCUT2D eigenvalue weighted by molar-refractivity contribution is 5.95. The van der Waals surface area contributed by atoms with Gasteiger partial charge in [-0.2, -0.15) is 0 Å². The number of allylic oxidation sites excluding steroid dienone is 1. The molecule has 232 valence electrons. The summed E-state index contributed by atoms with van der Waals surface area (Å²) in [4.78, 5) is 26.7. The summed E-state index contributed by atoms with van der Waals surface area (Å²) in [6.45, 7) is 9.00. The van der Waals surface area contributed by atoms with Gasteiger partial charge in [-0.1, -0.05) is 32.0 Å². The molecule has 3 fully saturated rings. The topological polar surface area (TPSA) is 145 Å². The fraction of sp³-hybridized carbons (Fsp3) is 0.706. The zero-order valence-corrected chi connectivity index (χ0v) is 25.5. The summed E-state index contributed by atoms with van der Waals surface area (Å²) < 4.78 is 6.00. The number of carbonyl (C=O) groups is 2. The maximum atomic E-state index is 13.5. The molecule has 4 aliphatic rings. The largest absolute Gasteiger partial charge is 0.456 e. The molecule has 5 rings (SSSR count). The van der Waals surface area contributed by atoms with Crippen molar-refractivity contribution in [2.75, 3.05) is 0 Å². The van der Waals surface area contributed by atoms with E-state index in [1.807, 2.05) is 13.8 Å². The Labute approximate surface area is 248 Å². The molecule has 8 nitrogen and oxygen atoms in total. The van der Waals surface area contributed by atoms with E-state index in [4.69, 9.17) is 4.74 Å². The Morgan fingerprint density at radius 3 is 2.33 bits per heavy atom. The fourth-order valence-corrected chi connectivity index (χ4v) is 9.26. The second-order valence-electron chi connectivity index (χ2n) is 14.9. The predicted octanol–water partition coefficient (Wildman–Crippen LogP) is 3.72. The Balaban J connectivity index is 1.48. The van der Waals surface area contributed by atoms with Crippen LogP contribution in [-0.4, -0.2) is 72.4 Å². The maximum absolute atomic E-state index is 13.5. The van der Waals surface area contributed by atoms with Gasteiger partial charge in [0.1, 0.15) is 11.7 Å². The zero-order valence-electron chi connectivity index (χ0n) is 25.5. The van der Waals surface area contributed by atoms with Crippen molar-refractivity contribution in [1.29, 1.82) is 0 Å². The molecule has 5 N–H and O–H groups in total. The summed E-state index contributed by atoms with van der Waals surface area (Å²) in [5.74, 6) is -1.70. The third-order valence-electron chi connectivity index (χ3n) is 11.8. The maximum Gasteiger partial charge on any atom is 0.338 e. The Kier molecular flexibility index (Phi) is 7.84. The van der Waals surface area contributed by atoms with E-state index < -0.39 is 63.8 Å². The molecule has 4 aliphatic carbocycles. The highest BCUT2D eigenvalue weighted by Crippen LogP contribution is 2.68. The number of hydrogen-bond acceptors (Lipinski definition) is 8. The average Bonchev–Trinajstić information content (AvgIpc) is 3.20. The molecule has 0 radical (unpaired) electrons. The molecule has 3 saturated carbocycles. The first-order valence-corrected chi connectivity index (χ1v) is 15.5. The second-order valence-corrected chi connectivity index (χ2v) is 14.9. The van der Waals surface area contributed by atoms with Crippen LogP contribution in [0.25, 0.3) is 0 Å². The molecule has 0 saturated heterocycles. The average molecular weight is 585 g/mol. The Morgan fingerprint density at radius 2 is 1.69 bits per heavy atom. The normalized spacial score (nSPS) is 40.2. The van der Waals surface area contributed by atoms with Crippen molar-refractivity contribution in [1.82, 2.24) is 0 Å².